The average molecular weight is 226 g/mol. The highest BCUT2D eigenvalue weighted by atomic mass is 19.3. The van der Waals surface area contributed by atoms with E-state index in [4.69, 9.17) is 5.26 Å². The SMILES string of the molecule is CC(C)N(CC#N)C(=O)C(F)(F)C(F)F. The number of hydrogen-bond acceptors (Lipinski definition) is 2. The van der Waals surface area contributed by atoms with Crippen molar-refractivity contribution < 1.29 is 22.4 Å². The molecule has 0 aliphatic carbocycles. The van der Waals surface area contributed by atoms with Gasteiger partial charge in [0, 0.05) is 6.04 Å². The van der Waals surface area contributed by atoms with Crippen LogP contribution in [0, 0.1) is 11.3 Å². The average Bonchev–Trinajstić information content (AvgIpc) is 2.12. The van der Waals surface area contributed by atoms with Gasteiger partial charge in [-0.3, -0.25) is 4.79 Å². The Labute approximate surface area is 84.3 Å². The highest BCUT2D eigenvalue weighted by molar-refractivity contribution is 5.84. The number of rotatable bonds is 4. The smallest absolute Gasteiger partial charge is 0.322 e. The number of amides is 1. The third-order valence-electron chi connectivity index (χ3n) is 1.68. The van der Waals surface area contributed by atoms with Crippen LogP contribution >= 0.6 is 0 Å². The molecule has 0 bridgehead atoms. The van der Waals surface area contributed by atoms with Crippen molar-refractivity contribution >= 4 is 5.91 Å². The number of alkyl halides is 4. The Morgan fingerprint density at radius 2 is 1.93 bits per heavy atom. The van der Waals surface area contributed by atoms with Crippen molar-refractivity contribution in [1.82, 2.24) is 4.90 Å². The highest BCUT2D eigenvalue weighted by Crippen LogP contribution is 2.26. The lowest BCUT2D eigenvalue weighted by atomic mass is 10.2. The fourth-order valence-corrected chi connectivity index (χ4v) is 0.850. The van der Waals surface area contributed by atoms with Crippen molar-refractivity contribution in [3.63, 3.8) is 0 Å². The quantitative estimate of drug-likeness (QED) is 0.540. The fraction of sp³-hybridized carbons (Fsp3) is 0.750. The molecular weight excluding hydrogens is 216 g/mol. The van der Waals surface area contributed by atoms with Gasteiger partial charge in [-0.05, 0) is 13.8 Å². The zero-order valence-corrected chi connectivity index (χ0v) is 8.18. The van der Waals surface area contributed by atoms with Crippen LogP contribution < -0.4 is 0 Å². The molecule has 1 amide bonds. The number of halogens is 4. The minimum atomic E-state index is -4.73. The van der Waals surface area contributed by atoms with E-state index in [1.165, 1.54) is 19.9 Å². The molecule has 86 valence electrons. The molecule has 0 saturated heterocycles. The molecule has 0 rings (SSSR count). The molecular formula is C8H10F4N2O. The first-order chi connectivity index (χ1) is 6.75. The van der Waals surface area contributed by atoms with Crippen LogP contribution in [-0.4, -0.2) is 35.7 Å². The summed E-state index contributed by atoms with van der Waals surface area (Å²) in [5, 5.41) is 8.26. The number of carbonyl (C=O) groups is 1. The van der Waals surface area contributed by atoms with Crippen molar-refractivity contribution in [2.24, 2.45) is 0 Å². The van der Waals surface area contributed by atoms with Crippen molar-refractivity contribution in [1.29, 1.82) is 5.26 Å². The van der Waals surface area contributed by atoms with Gasteiger partial charge in [-0.25, -0.2) is 8.78 Å². The van der Waals surface area contributed by atoms with Gasteiger partial charge in [0.2, 0.25) is 0 Å². The van der Waals surface area contributed by atoms with Gasteiger partial charge < -0.3 is 4.90 Å². The number of nitrogens with zero attached hydrogens (tertiary/aromatic N) is 2. The molecule has 3 nitrogen and oxygen atoms in total. The second-order valence-electron chi connectivity index (χ2n) is 3.11. The lowest BCUT2D eigenvalue weighted by molar-refractivity contribution is -0.181. The van der Waals surface area contributed by atoms with E-state index in [0.29, 0.717) is 4.90 Å². The number of carbonyl (C=O) groups excluding carboxylic acids is 1. The molecule has 0 aromatic heterocycles. The zero-order valence-electron chi connectivity index (χ0n) is 8.18. The Bertz CT molecular complexity index is 272. The summed E-state index contributed by atoms with van der Waals surface area (Å²) in [6.45, 7) is 2.08. The van der Waals surface area contributed by atoms with Crippen molar-refractivity contribution in [2.75, 3.05) is 6.54 Å². The molecule has 0 fully saturated rings. The molecule has 0 aromatic carbocycles. The molecule has 15 heavy (non-hydrogen) atoms. The summed E-state index contributed by atoms with van der Waals surface area (Å²) in [6.07, 6.45) is -4.06. The molecule has 0 aliphatic heterocycles. The van der Waals surface area contributed by atoms with Crippen LogP contribution in [0.5, 0.6) is 0 Å². The Kier molecular flexibility index (Phi) is 4.52. The van der Waals surface area contributed by atoms with Crippen LogP contribution in [0.4, 0.5) is 17.6 Å². The second kappa shape index (κ2) is 4.96. The lowest BCUT2D eigenvalue weighted by Gasteiger charge is -2.27. The first-order valence-electron chi connectivity index (χ1n) is 4.09. The summed E-state index contributed by atoms with van der Waals surface area (Å²) in [6, 6.07) is 0.733. The maximum Gasteiger partial charge on any atom is 0.383 e. The summed E-state index contributed by atoms with van der Waals surface area (Å²) in [7, 11) is 0. The summed E-state index contributed by atoms with van der Waals surface area (Å²) in [5.41, 5.74) is 0. The van der Waals surface area contributed by atoms with E-state index in [2.05, 4.69) is 0 Å². The van der Waals surface area contributed by atoms with E-state index in [1.807, 2.05) is 0 Å². The second-order valence-corrected chi connectivity index (χ2v) is 3.11. The van der Waals surface area contributed by atoms with E-state index in [9.17, 15) is 22.4 Å². The number of hydrogen-bond donors (Lipinski definition) is 0. The van der Waals surface area contributed by atoms with Gasteiger partial charge in [0.1, 0.15) is 6.54 Å². The van der Waals surface area contributed by atoms with Gasteiger partial charge in [0.05, 0.1) is 6.07 Å². The highest BCUT2D eigenvalue weighted by Gasteiger charge is 2.51. The summed E-state index contributed by atoms with van der Waals surface area (Å²) < 4.78 is 48.9. The van der Waals surface area contributed by atoms with E-state index < -0.39 is 30.8 Å². The van der Waals surface area contributed by atoms with Gasteiger partial charge >= 0.3 is 12.3 Å². The normalized spacial score (nSPS) is 11.7. The minimum Gasteiger partial charge on any atom is -0.322 e. The molecule has 0 saturated carbocycles. The standard InChI is InChI=1S/C8H10F4N2O/c1-5(2)14(4-3-13)7(15)8(11,12)6(9)10/h5-6H,4H2,1-2H3. The van der Waals surface area contributed by atoms with Crippen LogP contribution in [0.3, 0.4) is 0 Å². The minimum absolute atomic E-state index is 0.409. The monoisotopic (exact) mass is 226 g/mol. The fourth-order valence-electron chi connectivity index (χ4n) is 0.850. The molecule has 0 aromatic rings. The van der Waals surface area contributed by atoms with Crippen molar-refractivity contribution in [2.45, 2.75) is 32.2 Å². The van der Waals surface area contributed by atoms with Crippen molar-refractivity contribution in [3.05, 3.63) is 0 Å². The third-order valence-corrected chi connectivity index (χ3v) is 1.68. The molecule has 0 aliphatic rings. The molecule has 0 unspecified atom stereocenters. The molecule has 0 atom stereocenters. The maximum absolute atomic E-state index is 12.6. The third kappa shape index (κ3) is 3.08. The van der Waals surface area contributed by atoms with Crippen LogP contribution in [0.25, 0.3) is 0 Å². The van der Waals surface area contributed by atoms with E-state index in [0.717, 1.165) is 0 Å². The summed E-state index contributed by atoms with van der Waals surface area (Å²) in [4.78, 5) is 11.4. The number of nitriles is 1. The van der Waals surface area contributed by atoms with Gasteiger partial charge in [-0.1, -0.05) is 0 Å². The lowest BCUT2D eigenvalue weighted by Crippen LogP contribution is -2.50. The first kappa shape index (κ1) is 13.7. The van der Waals surface area contributed by atoms with Gasteiger partial charge in [0.25, 0.3) is 5.91 Å². The van der Waals surface area contributed by atoms with E-state index in [-0.39, 0.29) is 0 Å². The predicted octanol–water partition coefficient (Wildman–Crippen LogP) is 1.65. The van der Waals surface area contributed by atoms with Crippen LogP contribution in [0.1, 0.15) is 13.8 Å². The van der Waals surface area contributed by atoms with Gasteiger partial charge in [-0.2, -0.15) is 14.0 Å². The molecule has 0 radical (unpaired) electrons. The summed E-state index contributed by atoms with van der Waals surface area (Å²) >= 11 is 0. The summed E-state index contributed by atoms with van der Waals surface area (Å²) in [5.74, 6) is -6.75. The molecule has 7 heteroatoms. The van der Waals surface area contributed by atoms with Crippen LogP contribution in [0.15, 0.2) is 0 Å². The Morgan fingerprint density at radius 1 is 1.47 bits per heavy atom. The van der Waals surface area contributed by atoms with Crippen molar-refractivity contribution in [3.8, 4) is 6.07 Å². The zero-order chi connectivity index (χ0) is 12.2. The van der Waals surface area contributed by atoms with Crippen LogP contribution in [0.2, 0.25) is 0 Å². The molecule has 0 spiro atoms. The topological polar surface area (TPSA) is 44.1 Å². The van der Waals surface area contributed by atoms with Crippen LogP contribution in [-0.2, 0) is 4.79 Å². The predicted molar refractivity (Wildman–Crippen MR) is 43.4 cm³/mol. The first-order valence-corrected chi connectivity index (χ1v) is 4.09. The van der Waals surface area contributed by atoms with E-state index >= 15 is 0 Å². The van der Waals surface area contributed by atoms with E-state index in [1.54, 1.807) is 0 Å². The van der Waals surface area contributed by atoms with Gasteiger partial charge in [0.15, 0.2) is 0 Å². The molecule has 0 heterocycles. The molecule has 0 N–H and O–H groups in total. The largest absolute Gasteiger partial charge is 0.383 e. The maximum atomic E-state index is 12.6. The Balaban J connectivity index is 4.87. The van der Waals surface area contributed by atoms with Gasteiger partial charge in [-0.15, -0.1) is 0 Å². The Morgan fingerprint density at radius 3 is 2.20 bits per heavy atom. The Hall–Kier alpha value is -1.32.